The first-order valence-corrected chi connectivity index (χ1v) is 16.4. The highest BCUT2D eigenvalue weighted by Crippen LogP contribution is 2.55. The monoisotopic (exact) mass is 586 g/mol. The van der Waals surface area contributed by atoms with Gasteiger partial charge >= 0.3 is 0 Å². The van der Waals surface area contributed by atoms with Gasteiger partial charge in [0.2, 0.25) is 13.1 Å². The number of rotatable bonds is 4. The Morgan fingerprint density at radius 2 is 1.21 bits per heavy atom. The Morgan fingerprint density at radius 3 is 1.86 bits per heavy atom. The van der Waals surface area contributed by atoms with Crippen LogP contribution in [0.3, 0.4) is 0 Å². The molecule has 10 nitrogen and oxygen atoms in total. The van der Waals surface area contributed by atoms with Crippen LogP contribution in [0.15, 0.2) is 0 Å². The smallest absolute Gasteiger partial charge is 0.217 e. The molecule has 8 rings (SSSR count). The molecule has 2 N–H and O–H groups in total. The molecule has 8 aliphatic rings. The van der Waals surface area contributed by atoms with Crippen LogP contribution >= 0.6 is 0 Å². The molecule has 5 aliphatic heterocycles. The topological polar surface area (TPSA) is 105 Å². The molecule has 8 fully saturated rings. The first kappa shape index (κ1) is 29.4. The molecule has 3 spiro atoms. The van der Waals surface area contributed by atoms with Crippen LogP contribution < -0.4 is 0 Å². The predicted molar refractivity (Wildman–Crippen MR) is 149 cm³/mol. The standard InChI is InChI=1S/C19H27NO4.C13H19NO4/c1-20-10-7-13-5-6-16-18(22-13)11-14(21-16)17-15(12-18)23-19(24-17)8-3-2-4-9-19;1-14-5-4-8-2-3-11-13(18-8)6-9(15)12(16)10(7-13)17-11/h13-17H,2-12H2;8-12,15-16H,2-7H2/t13-,14-,15-,16+,17?,18-;8-,9-,10-,11+,12?,13+/m11/s1. The van der Waals surface area contributed by atoms with Gasteiger partial charge in [0, 0.05) is 51.4 Å². The average Bonchev–Trinajstić information content (AvgIpc) is 3.62. The van der Waals surface area contributed by atoms with Crippen LogP contribution in [0.25, 0.3) is 9.69 Å². The minimum atomic E-state index is -0.786. The molecule has 0 aromatic heterocycles. The first-order chi connectivity index (χ1) is 20.4. The maximum atomic E-state index is 9.90. The Hall–Kier alpha value is -1.34. The van der Waals surface area contributed by atoms with Crippen molar-refractivity contribution in [2.45, 2.75) is 174 Å². The van der Waals surface area contributed by atoms with Crippen LogP contribution in [0, 0.1) is 13.1 Å². The Labute approximate surface area is 248 Å². The molecule has 10 heteroatoms. The van der Waals surface area contributed by atoms with E-state index in [0.717, 1.165) is 64.2 Å². The quantitative estimate of drug-likeness (QED) is 0.481. The molecule has 0 amide bonds. The van der Waals surface area contributed by atoms with E-state index in [0.29, 0.717) is 25.9 Å². The molecule has 0 radical (unpaired) electrons. The normalized spacial score (nSPS) is 49.5. The SMILES string of the molecule is [C-]#[N+]CC[C@H]1CC[C@@H]2O[C@@H]3C[C@]2(C[C@@H](O)C3O)O1.[C-]#[N+]CC[C@H]1CC[C@@H]2O[C@@H]3C[C@]2(C[C@H]2OC4(CCCCC4)OC32)O1. The molecular formula is C32H46N2O8. The summed E-state index contributed by atoms with van der Waals surface area (Å²) in [6, 6.07) is 0. The lowest BCUT2D eigenvalue weighted by Gasteiger charge is -2.44. The fourth-order valence-electron chi connectivity index (χ4n) is 9.38. The summed E-state index contributed by atoms with van der Waals surface area (Å²) in [6.07, 6.45) is 13.1. The second-order valence-corrected chi connectivity index (χ2v) is 14.0. The van der Waals surface area contributed by atoms with Crippen molar-refractivity contribution >= 4 is 0 Å². The van der Waals surface area contributed by atoms with E-state index in [1.165, 1.54) is 19.3 Å². The first-order valence-electron chi connectivity index (χ1n) is 16.4. The van der Waals surface area contributed by atoms with Crippen molar-refractivity contribution < 1.29 is 38.6 Å². The number of aliphatic hydroxyl groups is 2. The molecule has 4 bridgehead atoms. The lowest BCUT2D eigenvalue weighted by Crippen LogP contribution is -2.54. The fraction of sp³-hybridized carbons (Fsp3) is 0.938. The van der Waals surface area contributed by atoms with E-state index in [9.17, 15) is 10.2 Å². The average molecular weight is 587 g/mol. The van der Waals surface area contributed by atoms with Crippen molar-refractivity contribution in [1.82, 2.24) is 0 Å². The molecule has 5 saturated heterocycles. The Morgan fingerprint density at radius 1 is 0.643 bits per heavy atom. The number of nitrogens with zero attached hydrogens (tertiary/aromatic N) is 2. The predicted octanol–water partition coefficient (Wildman–Crippen LogP) is 3.72. The van der Waals surface area contributed by atoms with Gasteiger partial charge in [0.15, 0.2) is 5.79 Å². The van der Waals surface area contributed by atoms with Crippen molar-refractivity contribution in [2.75, 3.05) is 13.1 Å². The summed E-state index contributed by atoms with van der Waals surface area (Å²) in [5.41, 5.74) is -0.616. The third kappa shape index (κ3) is 5.20. The maximum Gasteiger partial charge on any atom is 0.217 e. The fourth-order valence-corrected chi connectivity index (χ4v) is 9.38. The summed E-state index contributed by atoms with van der Waals surface area (Å²) in [6.45, 7) is 14.9. The molecular weight excluding hydrogens is 540 g/mol. The Bertz CT molecular complexity index is 1070. The van der Waals surface area contributed by atoms with E-state index in [1.807, 2.05) is 0 Å². The van der Waals surface area contributed by atoms with Crippen LogP contribution in [0.2, 0.25) is 0 Å². The molecule has 2 unspecified atom stereocenters. The third-order valence-electron chi connectivity index (χ3n) is 11.3. The molecule has 0 aromatic rings. The number of aliphatic hydroxyl groups excluding tert-OH is 2. The lowest BCUT2D eigenvalue weighted by atomic mass is 9.76. The van der Waals surface area contributed by atoms with Gasteiger partial charge in [0.25, 0.3) is 0 Å². The second-order valence-electron chi connectivity index (χ2n) is 14.0. The van der Waals surface area contributed by atoms with Crippen molar-refractivity contribution in [1.29, 1.82) is 0 Å². The maximum absolute atomic E-state index is 9.90. The lowest BCUT2D eigenvalue weighted by molar-refractivity contribution is -0.215. The highest BCUT2D eigenvalue weighted by molar-refractivity contribution is 5.12. The van der Waals surface area contributed by atoms with Crippen molar-refractivity contribution in [2.24, 2.45) is 0 Å². The number of hydrogen-bond acceptors (Lipinski definition) is 8. The molecule has 42 heavy (non-hydrogen) atoms. The van der Waals surface area contributed by atoms with Gasteiger partial charge in [-0.25, -0.2) is 13.1 Å². The highest BCUT2D eigenvalue weighted by Gasteiger charge is 2.65. The summed E-state index contributed by atoms with van der Waals surface area (Å²) in [4.78, 5) is 6.87. The zero-order valence-electron chi connectivity index (χ0n) is 24.5. The summed E-state index contributed by atoms with van der Waals surface area (Å²) in [5, 5.41) is 19.7. The van der Waals surface area contributed by atoms with Gasteiger partial charge in [-0.2, -0.15) is 0 Å². The zero-order valence-corrected chi connectivity index (χ0v) is 24.5. The Kier molecular flexibility index (Phi) is 8.07. The van der Waals surface area contributed by atoms with Crippen molar-refractivity contribution in [3.8, 4) is 0 Å². The molecule has 232 valence electrons. The van der Waals surface area contributed by atoms with Crippen LogP contribution in [-0.2, 0) is 28.4 Å². The van der Waals surface area contributed by atoms with Crippen molar-refractivity contribution in [3.63, 3.8) is 0 Å². The molecule has 5 heterocycles. The summed E-state index contributed by atoms with van der Waals surface area (Å²) < 4.78 is 37.9. The van der Waals surface area contributed by atoms with Gasteiger partial charge in [-0.05, 0) is 38.5 Å². The van der Waals surface area contributed by atoms with E-state index >= 15 is 0 Å². The van der Waals surface area contributed by atoms with Crippen molar-refractivity contribution in [3.05, 3.63) is 22.8 Å². The van der Waals surface area contributed by atoms with Crippen LogP contribution in [0.1, 0.15) is 96.3 Å². The highest BCUT2D eigenvalue weighted by atomic mass is 16.8. The zero-order chi connectivity index (χ0) is 29.0. The van der Waals surface area contributed by atoms with E-state index < -0.39 is 17.8 Å². The van der Waals surface area contributed by atoms with E-state index in [2.05, 4.69) is 9.69 Å². The van der Waals surface area contributed by atoms with E-state index in [1.54, 1.807) is 0 Å². The summed E-state index contributed by atoms with van der Waals surface area (Å²) >= 11 is 0. The van der Waals surface area contributed by atoms with Gasteiger partial charge < -0.3 is 48.3 Å². The third-order valence-corrected chi connectivity index (χ3v) is 11.3. The number of ether oxygens (including phenoxy) is 6. The van der Waals surface area contributed by atoms with Gasteiger partial charge in [-0.3, -0.25) is 0 Å². The van der Waals surface area contributed by atoms with Gasteiger partial charge in [-0.1, -0.05) is 6.42 Å². The molecule has 12 atom stereocenters. The Balaban J connectivity index is 0.000000143. The molecule has 3 aliphatic carbocycles. The van der Waals surface area contributed by atoms with Crippen LogP contribution in [0.4, 0.5) is 0 Å². The number of hydrogen-bond donors (Lipinski definition) is 2. The summed E-state index contributed by atoms with van der Waals surface area (Å²) in [7, 11) is 0. The van der Waals surface area contributed by atoms with Gasteiger partial charge in [-0.15, -0.1) is 0 Å². The summed E-state index contributed by atoms with van der Waals surface area (Å²) in [5.74, 6) is -0.342. The number of fused-ring (bicyclic) bond motifs is 4. The second kappa shape index (κ2) is 11.5. The van der Waals surface area contributed by atoms with Crippen LogP contribution in [-0.4, -0.2) is 101 Å². The molecule has 3 saturated carbocycles. The minimum Gasteiger partial charge on any atom is -0.390 e. The van der Waals surface area contributed by atoms with E-state index in [4.69, 9.17) is 41.6 Å². The minimum absolute atomic E-state index is 0.00140. The largest absolute Gasteiger partial charge is 0.390 e. The van der Waals surface area contributed by atoms with E-state index in [-0.39, 0.29) is 60.2 Å². The van der Waals surface area contributed by atoms with Gasteiger partial charge in [0.1, 0.15) is 12.2 Å². The van der Waals surface area contributed by atoms with Gasteiger partial charge in [0.05, 0.1) is 60.0 Å². The van der Waals surface area contributed by atoms with Crippen LogP contribution in [0.5, 0.6) is 0 Å². The molecule has 0 aromatic carbocycles.